The van der Waals surface area contributed by atoms with E-state index in [1.54, 1.807) is 29.2 Å². The summed E-state index contributed by atoms with van der Waals surface area (Å²) in [6.07, 6.45) is 2.06. The average Bonchev–Trinajstić information content (AvgIpc) is 2.46. The number of hydrogen-bond acceptors (Lipinski definition) is 4. The fourth-order valence-electron chi connectivity index (χ4n) is 2.23. The van der Waals surface area contributed by atoms with Gasteiger partial charge in [-0.25, -0.2) is 8.42 Å². The van der Waals surface area contributed by atoms with Crippen molar-refractivity contribution in [1.82, 2.24) is 4.90 Å². The lowest BCUT2D eigenvalue weighted by Crippen LogP contribution is -2.45. The standard InChI is InChI=1S/C14H20N2O4S/c1-3-13-10-16(8-9-20-13)14(17)11-4-6-12(7-5-11)15-21(2,18)19/h4-7,13,15H,3,8-10H2,1-2H3/t13-/m1/s1. The third-order valence-corrected chi connectivity index (χ3v) is 3.92. The van der Waals surface area contributed by atoms with Crippen LogP contribution in [0.25, 0.3) is 0 Å². The average molecular weight is 312 g/mol. The summed E-state index contributed by atoms with van der Waals surface area (Å²) in [5.41, 5.74) is 0.994. The van der Waals surface area contributed by atoms with Crippen molar-refractivity contribution in [2.75, 3.05) is 30.7 Å². The summed E-state index contributed by atoms with van der Waals surface area (Å²) in [6.45, 7) is 3.76. The van der Waals surface area contributed by atoms with Crippen molar-refractivity contribution >= 4 is 21.6 Å². The SMILES string of the molecule is CC[C@@H]1CN(C(=O)c2ccc(NS(C)(=O)=O)cc2)CCO1. The Bertz CT molecular complexity index is 598. The van der Waals surface area contributed by atoms with Gasteiger partial charge in [0, 0.05) is 24.3 Å². The van der Waals surface area contributed by atoms with E-state index in [1.807, 2.05) is 6.92 Å². The van der Waals surface area contributed by atoms with Gasteiger partial charge in [0.1, 0.15) is 0 Å². The highest BCUT2D eigenvalue weighted by molar-refractivity contribution is 7.92. The van der Waals surface area contributed by atoms with Crippen LogP contribution in [0.2, 0.25) is 0 Å². The second-order valence-corrected chi connectivity index (χ2v) is 6.85. The van der Waals surface area contributed by atoms with Crippen LogP contribution in [0.4, 0.5) is 5.69 Å². The molecule has 1 aromatic rings. The van der Waals surface area contributed by atoms with E-state index in [4.69, 9.17) is 4.74 Å². The number of amides is 1. The van der Waals surface area contributed by atoms with Gasteiger partial charge in [0.15, 0.2) is 0 Å². The van der Waals surface area contributed by atoms with Crippen LogP contribution in [0.3, 0.4) is 0 Å². The second kappa shape index (κ2) is 6.44. The minimum atomic E-state index is -3.30. The lowest BCUT2D eigenvalue weighted by Gasteiger charge is -2.32. The van der Waals surface area contributed by atoms with Gasteiger partial charge < -0.3 is 9.64 Å². The number of benzene rings is 1. The molecule has 1 aromatic carbocycles. The predicted molar refractivity (Wildman–Crippen MR) is 80.8 cm³/mol. The maximum absolute atomic E-state index is 12.4. The number of rotatable bonds is 4. The van der Waals surface area contributed by atoms with Crippen molar-refractivity contribution in [2.24, 2.45) is 0 Å². The minimum Gasteiger partial charge on any atom is -0.375 e. The molecule has 1 fully saturated rings. The largest absolute Gasteiger partial charge is 0.375 e. The molecule has 7 heteroatoms. The molecule has 1 aliphatic rings. The zero-order valence-corrected chi connectivity index (χ0v) is 13.0. The number of carbonyl (C=O) groups is 1. The predicted octanol–water partition coefficient (Wildman–Crippen LogP) is 1.31. The van der Waals surface area contributed by atoms with Crippen molar-refractivity contribution in [2.45, 2.75) is 19.4 Å². The van der Waals surface area contributed by atoms with Gasteiger partial charge in [-0.2, -0.15) is 0 Å². The van der Waals surface area contributed by atoms with E-state index in [9.17, 15) is 13.2 Å². The second-order valence-electron chi connectivity index (χ2n) is 5.10. The zero-order chi connectivity index (χ0) is 15.5. The molecular formula is C14H20N2O4S. The molecule has 21 heavy (non-hydrogen) atoms. The summed E-state index contributed by atoms with van der Waals surface area (Å²) in [5.74, 6) is -0.0531. The Morgan fingerprint density at radius 2 is 2.05 bits per heavy atom. The normalized spacial score (nSPS) is 19.3. The van der Waals surface area contributed by atoms with Crippen molar-refractivity contribution in [1.29, 1.82) is 0 Å². The molecule has 0 bridgehead atoms. The number of nitrogens with zero attached hydrogens (tertiary/aromatic N) is 1. The van der Waals surface area contributed by atoms with Crippen LogP contribution in [-0.2, 0) is 14.8 Å². The number of nitrogens with one attached hydrogen (secondary N) is 1. The van der Waals surface area contributed by atoms with Gasteiger partial charge in [-0.3, -0.25) is 9.52 Å². The first-order chi connectivity index (χ1) is 9.89. The maximum Gasteiger partial charge on any atom is 0.254 e. The Morgan fingerprint density at radius 3 is 2.62 bits per heavy atom. The van der Waals surface area contributed by atoms with E-state index in [2.05, 4.69) is 4.72 Å². The highest BCUT2D eigenvalue weighted by Crippen LogP contribution is 2.15. The fraction of sp³-hybridized carbons (Fsp3) is 0.500. The number of hydrogen-bond donors (Lipinski definition) is 1. The van der Waals surface area contributed by atoms with Crippen LogP contribution >= 0.6 is 0 Å². The monoisotopic (exact) mass is 312 g/mol. The van der Waals surface area contributed by atoms with Gasteiger partial charge in [0.25, 0.3) is 5.91 Å². The molecule has 1 N–H and O–H groups in total. The smallest absolute Gasteiger partial charge is 0.254 e. The number of sulfonamides is 1. The van der Waals surface area contributed by atoms with Gasteiger partial charge in [-0.15, -0.1) is 0 Å². The first kappa shape index (κ1) is 15.8. The molecule has 1 heterocycles. The molecule has 1 atom stereocenters. The van der Waals surface area contributed by atoms with Crippen molar-refractivity contribution in [3.8, 4) is 0 Å². The summed E-state index contributed by atoms with van der Waals surface area (Å²) in [4.78, 5) is 14.2. The Balaban J connectivity index is 2.06. The Labute approximate surface area is 125 Å². The van der Waals surface area contributed by atoms with Gasteiger partial charge >= 0.3 is 0 Å². The number of anilines is 1. The molecule has 1 saturated heterocycles. The van der Waals surface area contributed by atoms with Crippen molar-refractivity contribution in [3.63, 3.8) is 0 Å². The third-order valence-electron chi connectivity index (χ3n) is 3.32. The van der Waals surface area contributed by atoms with E-state index >= 15 is 0 Å². The summed E-state index contributed by atoms with van der Waals surface area (Å²) in [5, 5.41) is 0. The first-order valence-corrected chi connectivity index (χ1v) is 8.77. The van der Waals surface area contributed by atoms with Crippen LogP contribution < -0.4 is 4.72 Å². The summed E-state index contributed by atoms with van der Waals surface area (Å²) < 4.78 is 30.2. The zero-order valence-electron chi connectivity index (χ0n) is 12.2. The molecular weight excluding hydrogens is 292 g/mol. The lowest BCUT2D eigenvalue weighted by molar-refractivity contribution is -0.0226. The van der Waals surface area contributed by atoms with Gasteiger partial charge in [-0.1, -0.05) is 6.92 Å². The van der Waals surface area contributed by atoms with E-state index < -0.39 is 10.0 Å². The molecule has 1 amide bonds. The van der Waals surface area contributed by atoms with Crippen LogP contribution in [0, 0.1) is 0 Å². The maximum atomic E-state index is 12.4. The number of ether oxygens (including phenoxy) is 1. The van der Waals surface area contributed by atoms with Crippen LogP contribution in [-0.4, -0.2) is 51.3 Å². The Kier molecular flexibility index (Phi) is 4.84. The molecule has 0 aromatic heterocycles. The first-order valence-electron chi connectivity index (χ1n) is 6.88. The quantitative estimate of drug-likeness (QED) is 0.909. The lowest BCUT2D eigenvalue weighted by atomic mass is 10.1. The minimum absolute atomic E-state index is 0.0531. The van der Waals surface area contributed by atoms with E-state index in [0.717, 1.165) is 12.7 Å². The van der Waals surface area contributed by atoms with Crippen LogP contribution in [0.1, 0.15) is 23.7 Å². The van der Waals surface area contributed by atoms with Gasteiger partial charge in [0.2, 0.25) is 10.0 Å². The highest BCUT2D eigenvalue weighted by Gasteiger charge is 2.23. The number of carbonyl (C=O) groups excluding carboxylic acids is 1. The summed E-state index contributed by atoms with van der Waals surface area (Å²) in [6, 6.07) is 6.44. The summed E-state index contributed by atoms with van der Waals surface area (Å²) >= 11 is 0. The Morgan fingerprint density at radius 1 is 1.38 bits per heavy atom. The van der Waals surface area contributed by atoms with Gasteiger partial charge in [0.05, 0.1) is 19.0 Å². The summed E-state index contributed by atoms with van der Waals surface area (Å²) in [7, 11) is -3.30. The topological polar surface area (TPSA) is 75.7 Å². The van der Waals surface area contributed by atoms with Crippen LogP contribution in [0.5, 0.6) is 0 Å². The number of morpholine rings is 1. The Hall–Kier alpha value is -1.60. The molecule has 2 rings (SSSR count). The van der Waals surface area contributed by atoms with E-state index in [0.29, 0.717) is 30.9 Å². The van der Waals surface area contributed by atoms with Gasteiger partial charge in [-0.05, 0) is 30.7 Å². The van der Waals surface area contributed by atoms with Crippen molar-refractivity contribution in [3.05, 3.63) is 29.8 Å². The molecule has 1 aliphatic heterocycles. The fourth-order valence-corrected chi connectivity index (χ4v) is 2.79. The van der Waals surface area contributed by atoms with Crippen molar-refractivity contribution < 1.29 is 17.9 Å². The molecule has 0 unspecified atom stereocenters. The van der Waals surface area contributed by atoms with E-state index in [1.165, 1.54) is 0 Å². The molecule has 6 nitrogen and oxygen atoms in total. The molecule has 0 aliphatic carbocycles. The highest BCUT2D eigenvalue weighted by atomic mass is 32.2. The molecule has 0 radical (unpaired) electrons. The third kappa shape index (κ3) is 4.44. The molecule has 0 spiro atoms. The van der Waals surface area contributed by atoms with E-state index in [-0.39, 0.29) is 12.0 Å². The van der Waals surface area contributed by atoms with Crippen LogP contribution in [0.15, 0.2) is 24.3 Å². The molecule has 116 valence electrons. The molecule has 0 saturated carbocycles.